The molecule has 1 heterocycles. The molecule has 0 aromatic heterocycles. The van der Waals surface area contributed by atoms with Gasteiger partial charge in [-0.05, 0) is 49.4 Å². The molecule has 2 amide bonds. The van der Waals surface area contributed by atoms with E-state index in [9.17, 15) is 14.0 Å². The Morgan fingerprint density at radius 3 is 2.43 bits per heavy atom. The minimum absolute atomic E-state index is 0.0841. The monoisotopic (exact) mass is 382 g/mol. The van der Waals surface area contributed by atoms with Gasteiger partial charge in [0.05, 0.1) is 5.69 Å². The molecule has 2 aromatic carbocycles. The second-order valence-corrected chi connectivity index (χ2v) is 7.49. The predicted octanol–water partition coefficient (Wildman–Crippen LogP) is 3.97. The zero-order chi connectivity index (χ0) is 20.1. The number of aryl methyl sites for hydroxylation is 2. The Morgan fingerprint density at radius 2 is 1.79 bits per heavy atom. The van der Waals surface area contributed by atoms with E-state index >= 15 is 0 Å². The average Bonchev–Trinajstić information content (AvgIpc) is 2.72. The molecule has 1 fully saturated rings. The van der Waals surface area contributed by atoms with Crippen LogP contribution in [0, 0.1) is 18.7 Å². The smallest absolute Gasteiger partial charge is 0.230 e. The van der Waals surface area contributed by atoms with Crippen LogP contribution in [0.15, 0.2) is 48.5 Å². The van der Waals surface area contributed by atoms with Gasteiger partial charge in [-0.3, -0.25) is 9.59 Å². The molecular weight excluding hydrogens is 355 g/mol. The van der Waals surface area contributed by atoms with E-state index in [1.165, 1.54) is 11.0 Å². The lowest BCUT2D eigenvalue weighted by Crippen LogP contribution is -2.43. The lowest BCUT2D eigenvalue weighted by Gasteiger charge is -2.33. The summed E-state index contributed by atoms with van der Waals surface area (Å²) < 4.78 is 14.2. The van der Waals surface area contributed by atoms with Gasteiger partial charge in [-0.15, -0.1) is 0 Å². The second-order valence-electron chi connectivity index (χ2n) is 7.49. The number of carbonyl (C=O) groups excluding carboxylic acids is 2. The van der Waals surface area contributed by atoms with Crippen molar-refractivity contribution in [2.75, 3.05) is 25.0 Å². The molecule has 148 valence electrons. The summed E-state index contributed by atoms with van der Waals surface area (Å²) in [5.41, 5.74) is 2.28. The van der Waals surface area contributed by atoms with Crippen LogP contribution in [-0.2, 0) is 16.0 Å². The van der Waals surface area contributed by atoms with Crippen LogP contribution in [0.3, 0.4) is 0 Å². The fraction of sp³-hybridized carbons (Fsp3) is 0.391. The van der Waals surface area contributed by atoms with Crippen LogP contribution in [0.25, 0.3) is 0 Å². The predicted molar refractivity (Wildman–Crippen MR) is 109 cm³/mol. The summed E-state index contributed by atoms with van der Waals surface area (Å²) >= 11 is 0. The number of carbonyl (C=O) groups is 2. The van der Waals surface area contributed by atoms with E-state index in [0.29, 0.717) is 38.0 Å². The molecular formula is C23H27FN2O2. The van der Waals surface area contributed by atoms with E-state index in [0.717, 1.165) is 17.5 Å². The maximum atomic E-state index is 14.2. The Hall–Kier alpha value is -2.69. The molecule has 0 radical (unpaired) electrons. The SMILES string of the molecule is Cc1ccc(N(C)C(=O)C2CCN(C(=O)CCc3ccccc3)CC2)c(F)c1. The van der Waals surface area contributed by atoms with Crippen molar-refractivity contribution in [3.05, 3.63) is 65.5 Å². The molecule has 0 aliphatic carbocycles. The van der Waals surface area contributed by atoms with Crippen LogP contribution < -0.4 is 4.90 Å². The molecule has 0 N–H and O–H groups in total. The summed E-state index contributed by atoms with van der Waals surface area (Å²) in [5, 5.41) is 0. The van der Waals surface area contributed by atoms with Gasteiger partial charge in [-0.1, -0.05) is 36.4 Å². The molecule has 28 heavy (non-hydrogen) atoms. The van der Waals surface area contributed by atoms with Crippen molar-refractivity contribution in [1.29, 1.82) is 0 Å². The first-order chi connectivity index (χ1) is 13.5. The van der Waals surface area contributed by atoms with Gasteiger partial charge in [0.2, 0.25) is 11.8 Å². The van der Waals surface area contributed by atoms with E-state index in [1.54, 1.807) is 19.2 Å². The molecule has 2 aromatic rings. The highest BCUT2D eigenvalue weighted by atomic mass is 19.1. The molecule has 1 aliphatic rings. The number of anilines is 1. The van der Waals surface area contributed by atoms with Crippen molar-refractivity contribution >= 4 is 17.5 Å². The van der Waals surface area contributed by atoms with Crippen molar-refractivity contribution < 1.29 is 14.0 Å². The van der Waals surface area contributed by atoms with Crippen molar-refractivity contribution in [2.45, 2.75) is 32.6 Å². The molecule has 1 saturated heterocycles. The zero-order valence-electron chi connectivity index (χ0n) is 16.5. The maximum absolute atomic E-state index is 14.2. The summed E-state index contributed by atoms with van der Waals surface area (Å²) in [7, 11) is 1.62. The van der Waals surface area contributed by atoms with Crippen molar-refractivity contribution in [3.8, 4) is 0 Å². The van der Waals surface area contributed by atoms with Crippen molar-refractivity contribution in [3.63, 3.8) is 0 Å². The lowest BCUT2D eigenvalue weighted by molar-refractivity contribution is -0.134. The fourth-order valence-corrected chi connectivity index (χ4v) is 3.71. The topological polar surface area (TPSA) is 40.6 Å². The third-order valence-electron chi connectivity index (χ3n) is 5.46. The number of hydrogen-bond acceptors (Lipinski definition) is 2. The quantitative estimate of drug-likeness (QED) is 0.785. The van der Waals surface area contributed by atoms with E-state index in [2.05, 4.69) is 0 Å². The van der Waals surface area contributed by atoms with Gasteiger partial charge in [0.1, 0.15) is 5.82 Å². The molecule has 0 bridgehead atoms. The number of benzene rings is 2. The van der Waals surface area contributed by atoms with Gasteiger partial charge in [0, 0.05) is 32.5 Å². The van der Waals surface area contributed by atoms with E-state index in [-0.39, 0.29) is 23.5 Å². The maximum Gasteiger partial charge on any atom is 0.230 e. The van der Waals surface area contributed by atoms with E-state index in [4.69, 9.17) is 0 Å². The summed E-state index contributed by atoms with van der Waals surface area (Å²) in [6.07, 6.45) is 2.45. The number of amides is 2. The molecule has 0 spiro atoms. The number of rotatable bonds is 5. The minimum atomic E-state index is -0.385. The Bertz CT molecular complexity index is 830. The Balaban J connectivity index is 1.51. The highest BCUT2D eigenvalue weighted by Gasteiger charge is 2.30. The first-order valence-corrected chi connectivity index (χ1v) is 9.81. The van der Waals surface area contributed by atoms with Gasteiger partial charge in [0.15, 0.2) is 0 Å². The summed E-state index contributed by atoms with van der Waals surface area (Å²) in [4.78, 5) is 28.5. The molecule has 0 saturated carbocycles. The van der Waals surface area contributed by atoms with Crippen molar-refractivity contribution in [1.82, 2.24) is 4.90 Å². The largest absolute Gasteiger partial charge is 0.343 e. The Labute approximate surface area is 166 Å². The summed E-state index contributed by atoms with van der Waals surface area (Å²) in [6, 6.07) is 14.9. The summed E-state index contributed by atoms with van der Waals surface area (Å²) in [6.45, 7) is 2.97. The minimum Gasteiger partial charge on any atom is -0.343 e. The molecule has 1 aliphatic heterocycles. The summed E-state index contributed by atoms with van der Waals surface area (Å²) in [5.74, 6) is -0.514. The van der Waals surface area contributed by atoms with E-state index < -0.39 is 0 Å². The highest BCUT2D eigenvalue weighted by molar-refractivity contribution is 5.94. The standard InChI is InChI=1S/C23H27FN2O2/c1-17-8-10-21(20(24)16-17)25(2)23(28)19-12-14-26(15-13-19)22(27)11-9-18-6-4-3-5-7-18/h3-8,10,16,19H,9,11-15H2,1-2H3. The van der Waals surface area contributed by atoms with E-state index in [1.807, 2.05) is 42.2 Å². The third kappa shape index (κ3) is 4.77. The van der Waals surface area contributed by atoms with Gasteiger partial charge in [0.25, 0.3) is 0 Å². The molecule has 4 nitrogen and oxygen atoms in total. The number of likely N-dealkylation sites (tertiary alicyclic amines) is 1. The van der Waals surface area contributed by atoms with Crippen LogP contribution in [0.4, 0.5) is 10.1 Å². The molecule has 0 unspecified atom stereocenters. The normalized spacial score (nSPS) is 14.8. The number of nitrogens with zero attached hydrogens (tertiary/aromatic N) is 2. The number of halogens is 1. The van der Waals surface area contributed by atoms with Gasteiger partial charge < -0.3 is 9.80 Å². The van der Waals surface area contributed by atoms with Crippen LogP contribution in [0.2, 0.25) is 0 Å². The van der Waals surface area contributed by atoms with Gasteiger partial charge in [-0.25, -0.2) is 4.39 Å². The fourth-order valence-electron chi connectivity index (χ4n) is 3.71. The van der Waals surface area contributed by atoms with Gasteiger partial charge in [-0.2, -0.15) is 0 Å². The van der Waals surface area contributed by atoms with Gasteiger partial charge >= 0.3 is 0 Å². The average molecular weight is 382 g/mol. The van der Waals surface area contributed by atoms with Crippen LogP contribution in [0.5, 0.6) is 0 Å². The van der Waals surface area contributed by atoms with Crippen LogP contribution in [-0.4, -0.2) is 36.9 Å². The second kappa shape index (κ2) is 9.00. The third-order valence-corrected chi connectivity index (χ3v) is 5.46. The number of piperidine rings is 1. The highest BCUT2D eigenvalue weighted by Crippen LogP contribution is 2.25. The molecule has 3 rings (SSSR count). The Kier molecular flexibility index (Phi) is 6.45. The first-order valence-electron chi connectivity index (χ1n) is 9.81. The lowest BCUT2D eigenvalue weighted by atomic mass is 9.94. The first kappa shape index (κ1) is 20.1. The molecule has 5 heteroatoms. The zero-order valence-corrected chi connectivity index (χ0v) is 16.5. The Morgan fingerprint density at radius 1 is 1.11 bits per heavy atom. The molecule has 0 atom stereocenters. The van der Waals surface area contributed by atoms with Crippen molar-refractivity contribution in [2.24, 2.45) is 5.92 Å². The van der Waals surface area contributed by atoms with Crippen LogP contribution in [0.1, 0.15) is 30.4 Å². The number of hydrogen-bond donors (Lipinski definition) is 0. The van der Waals surface area contributed by atoms with Crippen LogP contribution >= 0.6 is 0 Å².